The van der Waals surface area contributed by atoms with Crippen LogP contribution in [0.5, 0.6) is 0 Å². The van der Waals surface area contributed by atoms with Gasteiger partial charge in [0, 0.05) is 11.6 Å². The van der Waals surface area contributed by atoms with Gasteiger partial charge in [0.05, 0.1) is 17.9 Å². The van der Waals surface area contributed by atoms with Gasteiger partial charge in [0.15, 0.2) is 5.82 Å². The fourth-order valence-corrected chi connectivity index (χ4v) is 1.83. The van der Waals surface area contributed by atoms with Crippen LogP contribution < -0.4 is 5.11 Å². The Bertz CT molecular complexity index is 776. The third-order valence-corrected chi connectivity index (χ3v) is 2.76. The fraction of sp³-hybridized carbons (Fsp3) is 0. The lowest BCUT2D eigenvalue weighted by molar-refractivity contribution is -0.296. The molecule has 7 nitrogen and oxygen atoms in total. The van der Waals surface area contributed by atoms with Crippen LogP contribution in [0.25, 0.3) is 23.2 Å². The fourth-order valence-electron chi connectivity index (χ4n) is 1.83. The molecule has 3 aromatic rings. The second-order valence-corrected chi connectivity index (χ2v) is 4.11. The molecule has 21 heavy (non-hydrogen) atoms. The Morgan fingerprint density at radius 3 is 2.67 bits per heavy atom. The maximum Gasteiger partial charge on any atom is 0.187 e. The molecule has 2 heterocycles. The standard InChI is InChI=1S/C14H10N4O3/c19-14(20)12(9-11-7-4-8-21-11)18-13(15-16-17-18)10-5-2-1-3-6-10/h1-9H,(H,19,20)/p-1/b12-9-. The lowest BCUT2D eigenvalue weighted by Gasteiger charge is -2.09. The Hall–Kier alpha value is -3.22. The summed E-state index contributed by atoms with van der Waals surface area (Å²) in [5.41, 5.74) is 0.475. The van der Waals surface area contributed by atoms with E-state index >= 15 is 0 Å². The number of tetrazole rings is 1. The summed E-state index contributed by atoms with van der Waals surface area (Å²) in [6, 6.07) is 12.3. The van der Waals surface area contributed by atoms with E-state index in [1.165, 1.54) is 12.3 Å². The molecular formula is C14H9N4O3-. The number of rotatable bonds is 4. The number of hydrogen-bond acceptors (Lipinski definition) is 6. The van der Waals surface area contributed by atoms with Crippen LogP contribution >= 0.6 is 0 Å². The molecule has 0 spiro atoms. The van der Waals surface area contributed by atoms with Crippen LogP contribution in [0.3, 0.4) is 0 Å². The summed E-state index contributed by atoms with van der Waals surface area (Å²) in [7, 11) is 0. The molecule has 0 atom stereocenters. The summed E-state index contributed by atoms with van der Waals surface area (Å²) < 4.78 is 6.21. The van der Waals surface area contributed by atoms with Crippen molar-refractivity contribution in [2.75, 3.05) is 0 Å². The van der Waals surface area contributed by atoms with E-state index in [4.69, 9.17) is 4.42 Å². The lowest BCUT2D eigenvalue weighted by atomic mass is 10.2. The Morgan fingerprint density at radius 1 is 1.19 bits per heavy atom. The zero-order valence-electron chi connectivity index (χ0n) is 10.7. The summed E-state index contributed by atoms with van der Waals surface area (Å²) in [5, 5.41) is 22.5. The quantitative estimate of drug-likeness (QED) is 0.652. The molecule has 0 bridgehead atoms. The Morgan fingerprint density at radius 2 is 2.00 bits per heavy atom. The lowest BCUT2D eigenvalue weighted by Crippen LogP contribution is -2.27. The normalized spacial score (nSPS) is 11.5. The smallest absolute Gasteiger partial charge is 0.187 e. The van der Waals surface area contributed by atoms with E-state index in [1.807, 2.05) is 18.2 Å². The molecule has 1 aromatic carbocycles. The molecular weight excluding hydrogens is 272 g/mol. The van der Waals surface area contributed by atoms with Crippen LogP contribution in [0.4, 0.5) is 0 Å². The van der Waals surface area contributed by atoms with Crippen molar-refractivity contribution >= 4 is 17.7 Å². The molecule has 104 valence electrons. The molecule has 0 saturated heterocycles. The first-order chi connectivity index (χ1) is 10.3. The molecule has 0 aliphatic carbocycles. The van der Waals surface area contributed by atoms with E-state index in [9.17, 15) is 9.90 Å². The topological polar surface area (TPSA) is 96.9 Å². The number of hydrogen-bond donors (Lipinski definition) is 0. The third-order valence-electron chi connectivity index (χ3n) is 2.76. The average Bonchev–Trinajstić information content (AvgIpc) is 3.17. The highest BCUT2D eigenvalue weighted by Crippen LogP contribution is 2.19. The molecule has 2 aromatic heterocycles. The number of carbonyl (C=O) groups is 1. The minimum atomic E-state index is -1.41. The monoisotopic (exact) mass is 281 g/mol. The maximum atomic E-state index is 11.4. The van der Waals surface area contributed by atoms with E-state index < -0.39 is 5.97 Å². The average molecular weight is 281 g/mol. The first-order valence-electron chi connectivity index (χ1n) is 6.06. The molecule has 3 rings (SSSR count). The van der Waals surface area contributed by atoms with Crippen LogP contribution in [-0.4, -0.2) is 26.2 Å². The van der Waals surface area contributed by atoms with Crippen LogP contribution in [-0.2, 0) is 4.79 Å². The Kier molecular flexibility index (Phi) is 3.30. The van der Waals surface area contributed by atoms with Crippen molar-refractivity contribution in [1.29, 1.82) is 0 Å². The highest BCUT2D eigenvalue weighted by atomic mass is 16.4. The summed E-state index contributed by atoms with van der Waals surface area (Å²) in [6.45, 7) is 0. The Labute approximate surface area is 119 Å². The number of aromatic nitrogens is 4. The van der Waals surface area contributed by atoms with Crippen LogP contribution in [0.1, 0.15) is 5.76 Å². The van der Waals surface area contributed by atoms with Crippen molar-refractivity contribution in [2.45, 2.75) is 0 Å². The highest BCUT2D eigenvalue weighted by Gasteiger charge is 2.14. The van der Waals surface area contributed by atoms with E-state index in [-0.39, 0.29) is 5.70 Å². The van der Waals surface area contributed by atoms with E-state index in [1.54, 1.807) is 24.3 Å². The van der Waals surface area contributed by atoms with Gasteiger partial charge in [0.1, 0.15) is 5.76 Å². The van der Waals surface area contributed by atoms with Crippen LogP contribution in [0.2, 0.25) is 0 Å². The predicted molar refractivity (Wildman–Crippen MR) is 71.1 cm³/mol. The van der Waals surface area contributed by atoms with Gasteiger partial charge in [-0.1, -0.05) is 30.3 Å². The number of carbonyl (C=O) groups excluding carboxylic acids is 1. The van der Waals surface area contributed by atoms with Crippen molar-refractivity contribution in [3.8, 4) is 11.4 Å². The molecule has 0 aliphatic heterocycles. The molecule has 0 radical (unpaired) electrons. The molecule has 7 heteroatoms. The number of furan rings is 1. The first-order valence-corrected chi connectivity index (χ1v) is 6.06. The van der Waals surface area contributed by atoms with E-state index in [0.717, 1.165) is 4.68 Å². The van der Waals surface area contributed by atoms with Gasteiger partial charge in [-0.25, -0.2) is 0 Å². The molecule has 0 saturated carbocycles. The minimum absolute atomic E-state index is 0.214. The minimum Gasteiger partial charge on any atom is -0.543 e. The van der Waals surface area contributed by atoms with E-state index in [0.29, 0.717) is 17.1 Å². The van der Waals surface area contributed by atoms with Gasteiger partial charge in [-0.3, -0.25) is 0 Å². The first kappa shape index (κ1) is 12.8. The van der Waals surface area contributed by atoms with Crippen LogP contribution in [0, 0.1) is 0 Å². The summed E-state index contributed by atoms with van der Waals surface area (Å²) in [4.78, 5) is 11.4. The zero-order valence-corrected chi connectivity index (χ0v) is 10.7. The van der Waals surface area contributed by atoms with Crippen molar-refractivity contribution in [2.24, 2.45) is 0 Å². The molecule has 0 fully saturated rings. The second-order valence-electron chi connectivity index (χ2n) is 4.11. The number of carboxylic acid groups (broad SMARTS) is 1. The summed E-state index contributed by atoms with van der Waals surface area (Å²) in [6.07, 6.45) is 2.74. The van der Waals surface area contributed by atoms with Gasteiger partial charge in [-0.05, 0) is 22.6 Å². The molecule has 0 aliphatic rings. The zero-order chi connectivity index (χ0) is 14.7. The molecule has 0 unspecified atom stereocenters. The number of carboxylic acids is 1. The maximum absolute atomic E-state index is 11.4. The van der Waals surface area contributed by atoms with Crippen LogP contribution in [0.15, 0.2) is 53.1 Å². The van der Waals surface area contributed by atoms with Crippen molar-refractivity contribution in [3.63, 3.8) is 0 Å². The highest BCUT2D eigenvalue weighted by molar-refractivity contribution is 6.13. The molecule has 0 amide bonds. The second kappa shape index (κ2) is 5.41. The number of aliphatic carboxylic acids is 1. The summed E-state index contributed by atoms with van der Waals surface area (Å²) in [5.74, 6) is -0.739. The van der Waals surface area contributed by atoms with Gasteiger partial charge < -0.3 is 14.3 Å². The number of nitrogens with zero attached hydrogens (tertiary/aromatic N) is 4. The van der Waals surface area contributed by atoms with Gasteiger partial charge in [0.2, 0.25) is 0 Å². The van der Waals surface area contributed by atoms with Crippen molar-refractivity contribution < 1.29 is 14.3 Å². The van der Waals surface area contributed by atoms with Gasteiger partial charge in [0.25, 0.3) is 0 Å². The van der Waals surface area contributed by atoms with Crippen molar-refractivity contribution in [1.82, 2.24) is 20.2 Å². The summed E-state index contributed by atoms with van der Waals surface area (Å²) >= 11 is 0. The SMILES string of the molecule is O=C([O-])/C(=C/c1ccco1)n1nnnc1-c1ccccc1. The van der Waals surface area contributed by atoms with Gasteiger partial charge >= 0.3 is 0 Å². The van der Waals surface area contributed by atoms with E-state index in [2.05, 4.69) is 15.5 Å². The third kappa shape index (κ3) is 2.57. The number of benzene rings is 1. The largest absolute Gasteiger partial charge is 0.543 e. The molecule has 0 N–H and O–H groups in total. The van der Waals surface area contributed by atoms with Crippen molar-refractivity contribution in [3.05, 3.63) is 54.5 Å². The predicted octanol–water partition coefficient (Wildman–Crippen LogP) is 0.681. The van der Waals surface area contributed by atoms with Gasteiger partial charge in [-0.15, -0.1) is 5.10 Å². The Balaban J connectivity index is 2.11. The van der Waals surface area contributed by atoms with Gasteiger partial charge in [-0.2, -0.15) is 4.68 Å².